The molecule has 0 bridgehead atoms. The van der Waals surface area contributed by atoms with Gasteiger partial charge in [0, 0.05) is 0 Å². The highest BCUT2D eigenvalue weighted by atomic mass is 19.1. The van der Waals surface area contributed by atoms with E-state index in [1.807, 2.05) is 0 Å². The summed E-state index contributed by atoms with van der Waals surface area (Å²) >= 11 is 0. The number of aromatic nitrogens is 4. The van der Waals surface area contributed by atoms with Crippen molar-refractivity contribution in [2.24, 2.45) is 0 Å². The number of benzene rings is 1. The Bertz CT molecular complexity index is 916. The normalized spacial score (nSPS) is 10.7. The van der Waals surface area contributed by atoms with Gasteiger partial charge in [-0.15, -0.1) is 0 Å². The van der Waals surface area contributed by atoms with E-state index in [4.69, 9.17) is 4.74 Å². The van der Waals surface area contributed by atoms with Crippen LogP contribution in [0.4, 0.5) is 9.18 Å². The van der Waals surface area contributed by atoms with Crippen LogP contribution in [-0.4, -0.2) is 32.1 Å². The lowest BCUT2D eigenvalue weighted by Gasteiger charge is -2.07. The molecule has 1 N–H and O–H groups in total. The van der Waals surface area contributed by atoms with Gasteiger partial charge >= 0.3 is 6.09 Å². The van der Waals surface area contributed by atoms with Gasteiger partial charge in [-0.25, -0.2) is 29.0 Å². The number of nitrogens with zero attached hydrogens (tertiary/aromatic N) is 4. The molecular weight excluding hydrogens is 305 g/mol. The van der Waals surface area contributed by atoms with E-state index in [1.54, 1.807) is 6.92 Å². The molecule has 0 aliphatic carbocycles. The molecule has 0 aliphatic heterocycles. The molecule has 1 amide bonds. The number of amides is 1. The summed E-state index contributed by atoms with van der Waals surface area (Å²) in [4.78, 5) is 27.8. The van der Waals surface area contributed by atoms with Crippen LogP contribution in [0.2, 0.25) is 0 Å². The van der Waals surface area contributed by atoms with E-state index in [0.717, 1.165) is 11.0 Å². The van der Waals surface area contributed by atoms with Crippen LogP contribution >= 0.6 is 0 Å². The second kappa shape index (κ2) is 5.87. The van der Waals surface area contributed by atoms with Crippen LogP contribution in [0.5, 0.6) is 0 Å². The summed E-state index contributed by atoms with van der Waals surface area (Å²) < 4.78 is 20.0. The van der Waals surface area contributed by atoms with E-state index in [1.165, 1.54) is 35.1 Å². The molecule has 1 aromatic carbocycles. The van der Waals surface area contributed by atoms with Crippen LogP contribution in [0.15, 0.2) is 41.6 Å². The highest BCUT2D eigenvalue weighted by molar-refractivity contribution is 5.78. The Labute approximate surface area is 129 Å². The summed E-state index contributed by atoms with van der Waals surface area (Å²) in [7, 11) is 0. The highest BCUT2D eigenvalue weighted by Gasteiger charge is 2.13. The van der Waals surface area contributed by atoms with E-state index in [0.29, 0.717) is 11.3 Å². The summed E-state index contributed by atoms with van der Waals surface area (Å²) in [5.74, 6) is -0.376. The number of hydrogen-bond donors (Lipinski definition) is 1. The molecule has 8 nitrogen and oxygen atoms in total. The molecule has 2 heterocycles. The van der Waals surface area contributed by atoms with Crippen LogP contribution in [0.3, 0.4) is 0 Å². The molecule has 9 heteroatoms. The maximum atomic E-state index is 13.0. The summed E-state index contributed by atoms with van der Waals surface area (Å²) in [6, 6.07) is 5.61. The van der Waals surface area contributed by atoms with Gasteiger partial charge in [0.2, 0.25) is 0 Å². The topological polar surface area (TPSA) is 91.0 Å². The lowest BCUT2D eigenvalue weighted by Crippen LogP contribution is -2.33. The summed E-state index contributed by atoms with van der Waals surface area (Å²) in [5, 5.41) is 4.29. The summed E-state index contributed by atoms with van der Waals surface area (Å²) in [6.45, 7) is 1.83. The number of hydrogen-bond acceptors (Lipinski definition) is 5. The van der Waals surface area contributed by atoms with Gasteiger partial charge in [0.05, 0.1) is 18.5 Å². The zero-order chi connectivity index (χ0) is 16.4. The second-order valence-electron chi connectivity index (χ2n) is 4.52. The fourth-order valence-electron chi connectivity index (χ4n) is 2.02. The molecule has 0 saturated carbocycles. The first-order valence-corrected chi connectivity index (χ1v) is 6.75. The van der Waals surface area contributed by atoms with Crippen molar-refractivity contribution in [2.75, 3.05) is 12.0 Å². The van der Waals surface area contributed by atoms with Gasteiger partial charge in [-0.3, -0.25) is 4.79 Å². The number of carbonyl (C=O) groups is 1. The van der Waals surface area contributed by atoms with Gasteiger partial charge in [-0.2, -0.15) is 5.10 Å². The molecule has 0 aliphatic rings. The minimum atomic E-state index is -0.762. The van der Waals surface area contributed by atoms with Gasteiger partial charge < -0.3 is 4.74 Å². The van der Waals surface area contributed by atoms with Gasteiger partial charge in [-0.1, -0.05) is 0 Å². The molecule has 0 fully saturated rings. The van der Waals surface area contributed by atoms with Gasteiger partial charge in [0.1, 0.15) is 17.5 Å². The Morgan fingerprint density at radius 1 is 1.35 bits per heavy atom. The highest BCUT2D eigenvalue weighted by Crippen LogP contribution is 2.13. The molecule has 118 valence electrons. The van der Waals surface area contributed by atoms with Crippen molar-refractivity contribution in [3.8, 4) is 5.69 Å². The third-order valence-electron chi connectivity index (χ3n) is 3.05. The maximum absolute atomic E-state index is 13.0. The first-order chi connectivity index (χ1) is 11.1. The Morgan fingerprint density at radius 2 is 2.09 bits per heavy atom. The summed E-state index contributed by atoms with van der Waals surface area (Å²) in [6.07, 6.45) is 1.72. The molecule has 0 saturated heterocycles. The molecule has 0 spiro atoms. The first-order valence-electron chi connectivity index (χ1n) is 6.75. The second-order valence-corrected chi connectivity index (χ2v) is 4.52. The average molecular weight is 317 g/mol. The van der Waals surface area contributed by atoms with Gasteiger partial charge in [-0.05, 0) is 31.2 Å². The van der Waals surface area contributed by atoms with Crippen molar-refractivity contribution < 1.29 is 13.9 Å². The largest absolute Gasteiger partial charge is 0.449 e. The van der Waals surface area contributed by atoms with Crippen LogP contribution in [-0.2, 0) is 4.74 Å². The van der Waals surface area contributed by atoms with Crippen LogP contribution in [0.1, 0.15) is 6.92 Å². The van der Waals surface area contributed by atoms with Gasteiger partial charge in [0.25, 0.3) is 5.56 Å². The SMILES string of the molecule is CCOC(=O)Nn1cnc2c(cnn2-c2ccc(F)cc2)c1=O. The lowest BCUT2D eigenvalue weighted by atomic mass is 10.3. The van der Waals surface area contributed by atoms with E-state index < -0.39 is 11.7 Å². The Morgan fingerprint density at radius 3 is 2.78 bits per heavy atom. The van der Waals surface area contributed by atoms with E-state index in [2.05, 4.69) is 15.5 Å². The molecular formula is C14H12FN5O3. The van der Waals surface area contributed by atoms with Crippen molar-refractivity contribution in [3.05, 3.63) is 53.0 Å². The van der Waals surface area contributed by atoms with Crippen LogP contribution in [0.25, 0.3) is 16.7 Å². The Balaban J connectivity index is 2.02. The number of halogens is 1. The molecule has 3 aromatic rings. The molecule has 0 radical (unpaired) electrons. The zero-order valence-electron chi connectivity index (χ0n) is 12.1. The lowest BCUT2D eigenvalue weighted by molar-refractivity contribution is 0.164. The van der Waals surface area contributed by atoms with E-state index in [-0.39, 0.29) is 17.8 Å². The predicted molar refractivity (Wildman–Crippen MR) is 79.5 cm³/mol. The first kappa shape index (κ1) is 14.7. The van der Waals surface area contributed by atoms with Crippen LogP contribution < -0.4 is 11.0 Å². The smallest absolute Gasteiger partial charge is 0.426 e. The van der Waals surface area contributed by atoms with Crippen molar-refractivity contribution in [1.82, 2.24) is 19.4 Å². The van der Waals surface area contributed by atoms with Crippen molar-refractivity contribution >= 4 is 17.1 Å². The number of rotatable bonds is 3. The molecule has 23 heavy (non-hydrogen) atoms. The minimum Gasteiger partial charge on any atom is -0.449 e. The number of ether oxygens (including phenoxy) is 1. The van der Waals surface area contributed by atoms with Crippen molar-refractivity contribution in [1.29, 1.82) is 0 Å². The Hall–Kier alpha value is -3.23. The molecule has 2 aromatic heterocycles. The zero-order valence-corrected chi connectivity index (χ0v) is 12.1. The van der Waals surface area contributed by atoms with Crippen molar-refractivity contribution in [2.45, 2.75) is 6.92 Å². The van der Waals surface area contributed by atoms with Crippen molar-refractivity contribution in [3.63, 3.8) is 0 Å². The number of nitrogens with one attached hydrogen (secondary N) is 1. The molecule has 0 unspecified atom stereocenters. The molecule has 0 atom stereocenters. The monoisotopic (exact) mass is 317 g/mol. The fourth-order valence-corrected chi connectivity index (χ4v) is 2.02. The average Bonchev–Trinajstić information content (AvgIpc) is 2.96. The minimum absolute atomic E-state index is 0.179. The van der Waals surface area contributed by atoms with E-state index >= 15 is 0 Å². The standard InChI is InChI=1S/C14H12FN5O3/c1-2-23-14(22)18-19-8-16-12-11(13(19)21)7-17-20(12)10-5-3-9(15)4-6-10/h3-8H,2H2,1H3,(H,18,22). The third kappa shape index (κ3) is 2.76. The number of carbonyl (C=O) groups excluding carboxylic acids is 1. The quantitative estimate of drug-likeness (QED) is 0.789. The fraction of sp³-hybridized carbons (Fsp3) is 0.143. The Kier molecular flexibility index (Phi) is 3.75. The molecule has 3 rings (SSSR count). The predicted octanol–water partition coefficient (Wildman–Crippen LogP) is 1.42. The summed E-state index contributed by atoms with van der Waals surface area (Å²) in [5.41, 5.74) is 2.60. The van der Waals surface area contributed by atoms with Crippen LogP contribution in [0, 0.1) is 5.82 Å². The third-order valence-corrected chi connectivity index (χ3v) is 3.05. The number of fused-ring (bicyclic) bond motifs is 1. The maximum Gasteiger partial charge on any atom is 0.426 e. The van der Waals surface area contributed by atoms with E-state index in [9.17, 15) is 14.0 Å². The van der Waals surface area contributed by atoms with Gasteiger partial charge in [0.15, 0.2) is 5.65 Å².